The Morgan fingerprint density at radius 2 is 2.25 bits per heavy atom. The number of aromatic amines is 1. The Bertz CT molecular complexity index is 745. The zero-order chi connectivity index (χ0) is 14.6. The first-order chi connectivity index (χ1) is 9.54. The Morgan fingerprint density at radius 1 is 1.45 bits per heavy atom. The highest BCUT2D eigenvalue weighted by molar-refractivity contribution is 7.99. The van der Waals surface area contributed by atoms with Crippen molar-refractivity contribution in [3.63, 3.8) is 0 Å². The average Bonchev–Trinajstić information content (AvgIpc) is 2.82. The second-order valence-electron chi connectivity index (χ2n) is 4.11. The molecule has 1 aromatic carbocycles. The Kier molecular flexibility index (Phi) is 4.60. The molecule has 1 aromatic heterocycles. The van der Waals surface area contributed by atoms with E-state index in [4.69, 9.17) is 12.2 Å². The van der Waals surface area contributed by atoms with Gasteiger partial charge in [-0.25, -0.2) is 13.1 Å². The van der Waals surface area contributed by atoms with Crippen molar-refractivity contribution in [1.82, 2.24) is 9.71 Å². The molecule has 0 aliphatic heterocycles. The zero-order valence-electron chi connectivity index (χ0n) is 10.7. The van der Waals surface area contributed by atoms with E-state index in [0.717, 1.165) is 5.52 Å². The Labute approximate surface area is 122 Å². The summed E-state index contributed by atoms with van der Waals surface area (Å²) in [6.45, 7) is 0.337. The lowest BCUT2D eigenvalue weighted by molar-refractivity contribution is 0.585. The molecule has 0 amide bonds. The number of nitrogen functional groups attached to an aromatic ring is 1. The van der Waals surface area contributed by atoms with Crippen molar-refractivity contribution in [2.24, 2.45) is 0 Å². The molecule has 0 radical (unpaired) electrons. The molecule has 1 heterocycles. The van der Waals surface area contributed by atoms with Gasteiger partial charge in [-0.1, -0.05) is 5.92 Å². The van der Waals surface area contributed by atoms with Gasteiger partial charge in [0.05, 0.1) is 5.75 Å². The van der Waals surface area contributed by atoms with Gasteiger partial charge in [0.1, 0.15) is 4.90 Å². The van der Waals surface area contributed by atoms with E-state index in [2.05, 4.69) is 15.6 Å². The predicted molar refractivity (Wildman–Crippen MR) is 84.1 cm³/mol. The van der Waals surface area contributed by atoms with Crippen molar-refractivity contribution >= 4 is 38.4 Å². The number of fused-ring (bicyclic) bond motifs is 1. The molecule has 0 aliphatic carbocycles. The number of H-pyrrole nitrogens is 1. The van der Waals surface area contributed by atoms with E-state index in [9.17, 15) is 8.42 Å². The van der Waals surface area contributed by atoms with Crippen LogP contribution in [0.4, 0.5) is 5.69 Å². The molecule has 0 aliphatic rings. The normalized spacial score (nSPS) is 11.6. The summed E-state index contributed by atoms with van der Waals surface area (Å²) < 4.78 is 27.0. The summed E-state index contributed by atoms with van der Waals surface area (Å²) in [5.74, 6) is 3.70. The molecule has 0 saturated heterocycles. The molecule has 2 aromatic rings. The number of terminal acetylenes is 1. The largest absolute Gasteiger partial charge is 0.399 e. The van der Waals surface area contributed by atoms with Gasteiger partial charge in [0.25, 0.3) is 0 Å². The zero-order valence-corrected chi connectivity index (χ0v) is 12.4. The molecule has 0 fully saturated rings. The number of hydrogen-bond donors (Lipinski definition) is 3. The van der Waals surface area contributed by atoms with Crippen LogP contribution in [0.3, 0.4) is 0 Å². The third-order valence-corrected chi connectivity index (χ3v) is 5.05. The first kappa shape index (κ1) is 14.8. The van der Waals surface area contributed by atoms with Crippen LogP contribution in [0.5, 0.6) is 0 Å². The molecule has 2 rings (SSSR count). The highest BCUT2D eigenvalue weighted by atomic mass is 32.2. The van der Waals surface area contributed by atoms with Gasteiger partial charge in [0.15, 0.2) is 0 Å². The van der Waals surface area contributed by atoms with Crippen LogP contribution >= 0.6 is 11.8 Å². The maximum Gasteiger partial charge on any atom is 0.242 e. The topological polar surface area (TPSA) is 88.0 Å². The summed E-state index contributed by atoms with van der Waals surface area (Å²) in [5, 5.41) is 0.591. The lowest BCUT2D eigenvalue weighted by Gasteiger charge is -2.05. The maximum absolute atomic E-state index is 12.2. The van der Waals surface area contributed by atoms with Gasteiger partial charge >= 0.3 is 0 Å². The van der Waals surface area contributed by atoms with Crippen molar-refractivity contribution in [2.45, 2.75) is 4.90 Å². The maximum atomic E-state index is 12.2. The lowest BCUT2D eigenvalue weighted by atomic mass is 10.2. The molecule has 5 nitrogen and oxygen atoms in total. The van der Waals surface area contributed by atoms with Crippen LogP contribution in [-0.4, -0.2) is 31.5 Å². The molecular weight excluding hydrogens is 294 g/mol. The van der Waals surface area contributed by atoms with E-state index in [-0.39, 0.29) is 4.90 Å². The van der Waals surface area contributed by atoms with Gasteiger partial charge in [-0.3, -0.25) is 0 Å². The number of aromatic nitrogens is 1. The minimum atomic E-state index is -3.55. The highest BCUT2D eigenvalue weighted by Crippen LogP contribution is 2.24. The van der Waals surface area contributed by atoms with Crippen molar-refractivity contribution < 1.29 is 8.42 Å². The summed E-state index contributed by atoms with van der Waals surface area (Å²) in [7, 11) is -3.55. The van der Waals surface area contributed by atoms with E-state index >= 15 is 0 Å². The minimum absolute atomic E-state index is 0.210. The van der Waals surface area contributed by atoms with E-state index < -0.39 is 10.0 Å². The van der Waals surface area contributed by atoms with Crippen molar-refractivity contribution in [1.29, 1.82) is 0 Å². The Morgan fingerprint density at radius 3 is 3.00 bits per heavy atom. The van der Waals surface area contributed by atoms with Crippen molar-refractivity contribution in [3.8, 4) is 12.3 Å². The molecule has 0 saturated carbocycles. The van der Waals surface area contributed by atoms with Gasteiger partial charge in [0, 0.05) is 35.1 Å². The van der Waals surface area contributed by atoms with Crippen LogP contribution < -0.4 is 10.5 Å². The second-order valence-corrected chi connectivity index (χ2v) is 6.95. The highest BCUT2D eigenvalue weighted by Gasteiger charge is 2.18. The van der Waals surface area contributed by atoms with Crippen LogP contribution in [0.2, 0.25) is 0 Å². The van der Waals surface area contributed by atoms with Crippen molar-refractivity contribution in [2.75, 3.05) is 23.8 Å². The quantitative estimate of drug-likeness (QED) is 0.427. The van der Waals surface area contributed by atoms with Gasteiger partial charge in [-0.2, -0.15) is 0 Å². The second kappa shape index (κ2) is 6.22. The van der Waals surface area contributed by atoms with Crippen LogP contribution in [0, 0.1) is 12.3 Å². The summed E-state index contributed by atoms with van der Waals surface area (Å²) in [6.07, 6.45) is 6.60. The first-order valence-electron chi connectivity index (χ1n) is 5.92. The van der Waals surface area contributed by atoms with Crippen molar-refractivity contribution in [3.05, 3.63) is 24.4 Å². The smallest absolute Gasteiger partial charge is 0.242 e. The van der Waals surface area contributed by atoms with Gasteiger partial charge in [-0.15, -0.1) is 18.2 Å². The lowest BCUT2D eigenvalue weighted by Crippen LogP contribution is -2.25. The molecule has 0 atom stereocenters. The number of sulfonamides is 1. The fraction of sp³-hybridized carbons (Fsp3) is 0.231. The predicted octanol–water partition coefficient (Wildman–Crippen LogP) is 1.39. The summed E-state index contributed by atoms with van der Waals surface area (Å²) in [6, 6.07) is 5.12. The monoisotopic (exact) mass is 309 g/mol. The third-order valence-electron chi connectivity index (χ3n) is 2.68. The standard InChI is InChI=1S/C13H15N3O2S2/c1-2-6-19-7-5-16-20(17,18)13-9-15-12-4-3-10(14)8-11(12)13/h1,3-4,8-9,15-16H,5-7,14H2. The number of anilines is 1. The molecule has 0 unspecified atom stereocenters. The summed E-state index contributed by atoms with van der Waals surface area (Å²) >= 11 is 1.51. The molecule has 4 N–H and O–H groups in total. The Balaban J connectivity index is 2.16. The minimum Gasteiger partial charge on any atom is -0.399 e. The summed E-state index contributed by atoms with van der Waals surface area (Å²) in [5.41, 5.74) is 6.96. The van der Waals surface area contributed by atoms with Crippen LogP contribution in [0.15, 0.2) is 29.3 Å². The fourth-order valence-corrected chi connectivity index (χ4v) is 3.63. The van der Waals surface area contributed by atoms with Gasteiger partial charge < -0.3 is 10.7 Å². The molecular formula is C13H15N3O2S2. The molecule has 106 valence electrons. The number of nitrogens with two attached hydrogens (primary N) is 1. The molecule has 0 bridgehead atoms. The number of benzene rings is 1. The van der Waals surface area contributed by atoms with Gasteiger partial charge in [-0.05, 0) is 18.2 Å². The van der Waals surface area contributed by atoms with E-state index in [1.54, 1.807) is 18.2 Å². The first-order valence-corrected chi connectivity index (χ1v) is 8.56. The molecule has 20 heavy (non-hydrogen) atoms. The van der Waals surface area contributed by atoms with E-state index in [0.29, 0.717) is 29.1 Å². The molecule has 0 spiro atoms. The third kappa shape index (κ3) is 3.28. The fourth-order valence-electron chi connectivity index (χ4n) is 1.79. The SMILES string of the molecule is C#CCSCCNS(=O)(=O)c1c[nH]c2ccc(N)cc12. The molecule has 7 heteroatoms. The van der Waals surface area contributed by atoms with Gasteiger partial charge in [0.2, 0.25) is 10.0 Å². The van der Waals surface area contributed by atoms with E-state index in [1.165, 1.54) is 18.0 Å². The number of rotatable bonds is 6. The van der Waals surface area contributed by atoms with E-state index in [1.807, 2.05) is 0 Å². The number of hydrogen-bond acceptors (Lipinski definition) is 4. The van der Waals surface area contributed by atoms with Crippen LogP contribution in [0.25, 0.3) is 10.9 Å². The van der Waals surface area contributed by atoms with Crippen LogP contribution in [-0.2, 0) is 10.0 Å². The summed E-state index contributed by atoms with van der Waals surface area (Å²) in [4.78, 5) is 3.14. The van der Waals surface area contributed by atoms with Crippen LogP contribution in [0.1, 0.15) is 0 Å². The number of nitrogens with one attached hydrogen (secondary N) is 2. The Hall–Kier alpha value is -1.62. The average molecular weight is 309 g/mol. The number of thioether (sulfide) groups is 1.